The molecule has 0 bridgehead atoms. The van der Waals surface area contributed by atoms with Gasteiger partial charge >= 0.3 is 0 Å². The molecule has 0 N–H and O–H groups in total. The summed E-state index contributed by atoms with van der Waals surface area (Å²) in [6, 6.07) is 67.1. The lowest BCUT2D eigenvalue weighted by Gasteiger charge is -2.38. The van der Waals surface area contributed by atoms with Gasteiger partial charge in [-0.2, -0.15) is 0 Å². The van der Waals surface area contributed by atoms with Crippen LogP contribution in [0.3, 0.4) is 0 Å². The Balaban J connectivity index is 0.848. The van der Waals surface area contributed by atoms with Crippen molar-refractivity contribution in [2.45, 2.75) is 26.7 Å². The van der Waals surface area contributed by atoms with Gasteiger partial charge in [-0.15, -0.1) is 0 Å². The van der Waals surface area contributed by atoms with Gasteiger partial charge in [0.05, 0.1) is 0 Å². The first-order valence-electron chi connectivity index (χ1n) is 23.1. The average Bonchev–Trinajstić information content (AvgIpc) is 3.95. The van der Waals surface area contributed by atoms with E-state index < -0.39 is 0 Å². The fourth-order valence-corrected chi connectivity index (χ4v) is 10.2. The summed E-state index contributed by atoms with van der Waals surface area (Å²) < 4.78 is 12.8. The first-order chi connectivity index (χ1) is 32.6. The molecule has 0 radical (unpaired) electrons. The van der Waals surface area contributed by atoms with Crippen LogP contribution >= 0.6 is 0 Å². The van der Waals surface area contributed by atoms with Gasteiger partial charge in [-0.3, -0.25) is 0 Å². The van der Waals surface area contributed by atoms with Crippen LogP contribution in [-0.4, -0.2) is 0 Å². The Morgan fingerprint density at radius 1 is 0.394 bits per heavy atom. The zero-order chi connectivity index (χ0) is 44.1. The van der Waals surface area contributed by atoms with E-state index in [1.165, 1.54) is 28.2 Å². The predicted octanol–water partition coefficient (Wildman–Crippen LogP) is 17.6. The van der Waals surface area contributed by atoms with Gasteiger partial charge in [-0.05, 0) is 108 Å². The van der Waals surface area contributed by atoms with Gasteiger partial charge in [0.15, 0.2) is 0 Å². The number of furan rings is 2. The Kier molecular flexibility index (Phi) is 9.87. The summed E-state index contributed by atoms with van der Waals surface area (Å²) >= 11 is 0. The lowest BCUT2D eigenvalue weighted by atomic mass is 9.86. The van der Waals surface area contributed by atoms with Crippen molar-refractivity contribution in [2.24, 2.45) is 11.8 Å². The summed E-state index contributed by atoms with van der Waals surface area (Å²) in [5.74, 6) is 0.678. The first-order valence-corrected chi connectivity index (χ1v) is 23.1. The van der Waals surface area contributed by atoms with Crippen molar-refractivity contribution in [3.05, 3.63) is 235 Å². The molecule has 2 atom stereocenters. The predicted molar refractivity (Wildman–Crippen MR) is 276 cm³/mol. The SMILES string of the molecule is CC1CC=CC=C1N(C1=CC=C(c2ccc(N(c3ccccc3)c3ccc(-c4cccc5c4oc4ccccc45)cc3)cc2)CC1C)c1ccc(-c2cccc3c2oc2ccccc23)cc1. The summed E-state index contributed by atoms with van der Waals surface area (Å²) in [6.45, 7) is 4.71. The molecule has 8 aromatic carbocycles. The third kappa shape index (κ3) is 6.94. The fraction of sp³-hybridized carbons (Fsp3) is 0.0968. The van der Waals surface area contributed by atoms with Crippen molar-refractivity contribution < 1.29 is 8.83 Å². The minimum Gasteiger partial charge on any atom is -0.455 e. The number of benzene rings is 8. The van der Waals surface area contributed by atoms with E-state index in [-0.39, 0.29) is 5.92 Å². The van der Waals surface area contributed by atoms with Crippen molar-refractivity contribution in [3.8, 4) is 22.3 Å². The highest BCUT2D eigenvalue weighted by atomic mass is 16.3. The molecule has 2 aliphatic carbocycles. The maximum Gasteiger partial charge on any atom is 0.143 e. The molecular weight excluding hydrogens is 805 g/mol. The molecule has 0 saturated heterocycles. The van der Waals surface area contributed by atoms with Crippen LogP contribution in [0.2, 0.25) is 0 Å². The largest absolute Gasteiger partial charge is 0.455 e. The molecule has 0 saturated carbocycles. The smallest absolute Gasteiger partial charge is 0.143 e. The van der Waals surface area contributed by atoms with Gasteiger partial charge in [-0.25, -0.2) is 0 Å². The average molecular weight is 853 g/mol. The Morgan fingerprint density at radius 2 is 0.864 bits per heavy atom. The van der Waals surface area contributed by atoms with Crippen LogP contribution in [0.1, 0.15) is 32.3 Å². The molecule has 66 heavy (non-hydrogen) atoms. The quantitative estimate of drug-likeness (QED) is 0.145. The first kappa shape index (κ1) is 39.5. The highest BCUT2D eigenvalue weighted by molar-refractivity contribution is 6.10. The number of para-hydroxylation sites is 5. The molecule has 2 aliphatic rings. The minimum atomic E-state index is 0.289. The Hall–Kier alpha value is -8.08. The normalized spacial score (nSPS) is 16.1. The molecule has 4 nitrogen and oxygen atoms in total. The van der Waals surface area contributed by atoms with Crippen molar-refractivity contribution in [1.82, 2.24) is 0 Å². The van der Waals surface area contributed by atoms with E-state index in [9.17, 15) is 0 Å². The van der Waals surface area contributed by atoms with Crippen molar-refractivity contribution in [3.63, 3.8) is 0 Å². The molecule has 2 heterocycles. The molecule has 0 fully saturated rings. The summed E-state index contributed by atoms with van der Waals surface area (Å²) in [7, 11) is 0. The minimum absolute atomic E-state index is 0.289. The fourth-order valence-electron chi connectivity index (χ4n) is 10.2. The molecule has 2 unspecified atom stereocenters. The number of hydrogen-bond acceptors (Lipinski definition) is 4. The van der Waals surface area contributed by atoms with Gasteiger partial charge < -0.3 is 18.6 Å². The summed E-state index contributed by atoms with van der Waals surface area (Å²) in [4.78, 5) is 4.85. The van der Waals surface area contributed by atoms with Gasteiger partial charge in [0.2, 0.25) is 0 Å². The molecule has 4 heteroatoms. The molecule has 318 valence electrons. The second kappa shape index (κ2) is 16.5. The summed E-state index contributed by atoms with van der Waals surface area (Å²) in [6.07, 6.45) is 13.5. The molecule has 0 aliphatic heterocycles. The van der Waals surface area contributed by atoms with Crippen molar-refractivity contribution >= 4 is 72.2 Å². The van der Waals surface area contributed by atoms with Crippen LogP contribution in [0, 0.1) is 11.8 Å². The van der Waals surface area contributed by atoms with E-state index in [0.717, 1.165) is 96.0 Å². The molecule has 2 aromatic heterocycles. The Labute approximate surface area is 385 Å². The van der Waals surface area contributed by atoms with Crippen LogP contribution in [0.15, 0.2) is 239 Å². The monoisotopic (exact) mass is 852 g/mol. The number of anilines is 4. The van der Waals surface area contributed by atoms with E-state index >= 15 is 0 Å². The second-order valence-corrected chi connectivity index (χ2v) is 17.8. The van der Waals surface area contributed by atoms with Gasteiger partial charge in [-0.1, -0.05) is 159 Å². The van der Waals surface area contributed by atoms with Crippen molar-refractivity contribution in [2.75, 3.05) is 9.80 Å². The maximum absolute atomic E-state index is 6.43. The highest BCUT2D eigenvalue weighted by Crippen LogP contribution is 2.43. The van der Waals surface area contributed by atoms with Crippen LogP contribution in [0.5, 0.6) is 0 Å². The Bertz CT molecular complexity index is 3550. The molecule has 0 spiro atoms. The number of fused-ring (bicyclic) bond motifs is 6. The molecule has 12 rings (SSSR count). The van der Waals surface area contributed by atoms with Gasteiger partial charge in [0.1, 0.15) is 22.3 Å². The number of nitrogens with zero attached hydrogens (tertiary/aromatic N) is 2. The molecule has 0 amide bonds. The maximum atomic E-state index is 6.43. The third-order valence-electron chi connectivity index (χ3n) is 13.6. The van der Waals surface area contributed by atoms with Gasteiger partial charge in [0.25, 0.3) is 0 Å². The van der Waals surface area contributed by atoms with E-state index in [4.69, 9.17) is 8.83 Å². The lowest BCUT2D eigenvalue weighted by molar-refractivity contribution is 0.618. The van der Waals surface area contributed by atoms with Crippen LogP contribution in [0.4, 0.5) is 22.7 Å². The van der Waals surface area contributed by atoms with Crippen LogP contribution < -0.4 is 9.80 Å². The molecular formula is C62H48N2O2. The van der Waals surface area contributed by atoms with Crippen LogP contribution in [-0.2, 0) is 0 Å². The topological polar surface area (TPSA) is 32.8 Å². The number of allylic oxidation sites excluding steroid dienone is 8. The van der Waals surface area contributed by atoms with E-state index in [1.807, 2.05) is 24.3 Å². The molecule has 10 aromatic rings. The Morgan fingerprint density at radius 3 is 1.41 bits per heavy atom. The zero-order valence-electron chi connectivity index (χ0n) is 37.1. The summed E-state index contributed by atoms with van der Waals surface area (Å²) in [5, 5.41) is 4.57. The van der Waals surface area contributed by atoms with Gasteiger partial charge in [0, 0.05) is 78.7 Å². The summed E-state index contributed by atoms with van der Waals surface area (Å²) in [5.41, 5.74) is 17.8. The van der Waals surface area contributed by atoms with E-state index in [1.54, 1.807) is 0 Å². The van der Waals surface area contributed by atoms with E-state index in [0.29, 0.717) is 5.92 Å². The standard InChI is InChI=1S/C62H48N2O2/c1-41-14-6-9-23-57(41)64(50-37-30-45(31-38-50)52-20-13-22-56-54-18-8-11-25-60(54)66-62(52)56)58-39-32-46(40-42(58)2)43-26-33-48(34-27-43)63(47-15-4-3-5-16-47)49-35-28-44(29-36-49)51-19-12-21-55-53-17-7-10-24-59(53)65-61(51)55/h3-13,15-39,41-42H,14,40H2,1-2H3. The lowest BCUT2D eigenvalue weighted by Crippen LogP contribution is -2.30. The highest BCUT2D eigenvalue weighted by Gasteiger charge is 2.28. The van der Waals surface area contributed by atoms with Crippen LogP contribution in [0.25, 0.3) is 71.7 Å². The van der Waals surface area contributed by atoms with Crippen molar-refractivity contribution in [1.29, 1.82) is 0 Å². The number of rotatable bonds is 9. The third-order valence-corrected chi connectivity index (χ3v) is 13.6. The second-order valence-electron chi connectivity index (χ2n) is 17.8. The number of hydrogen-bond donors (Lipinski definition) is 0. The zero-order valence-corrected chi connectivity index (χ0v) is 37.1. The van der Waals surface area contributed by atoms with E-state index in [2.05, 4.69) is 218 Å².